The number of esters is 3. The number of para-hydroxylation sites is 1. The smallest absolute Gasteiger partial charge is 0.496 e. The van der Waals surface area contributed by atoms with Crippen LogP contribution in [0.5, 0.6) is 5.75 Å². The first kappa shape index (κ1) is 62.6. The minimum Gasteiger partial charge on any atom is -0.496 e. The van der Waals surface area contributed by atoms with E-state index in [0.717, 1.165) is 12.0 Å². The topological polar surface area (TPSA) is 203 Å². The monoisotopic (exact) mass is 1180 g/mol. The number of aliphatic imine (C=N–C) groups is 1. The van der Waals surface area contributed by atoms with Gasteiger partial charge in [0, 0.05) is 67.2 Å². The van der Waals surface area contributed by atoms with Crippen LogP contribution in [0, 0.1) is 22.2 Å². The van der Waals surface area contributed by atoms with Crippen LogP contribution in [-0.2, 0) is 53.7 Å². The van der Waals surface area contributed by atoms with Crippen molar-refractivity contribution < 1.29 is 62.6 Å². The van der Waals surface area contributed by atoms with E-state index >= 15 is 4.79 Å². The number of benzene rings is 2. The second kappa shape index (κ2) is 23.6. The van der Waals surface area contributed by atoms with Crippen LogP contribution in [0.4, 0.5) is 16.2 Å². The molecule has 1 saturated carbocycles. The van der Waals surface area contributed by atoms with Crippen molar-refractivity contribution in [3.8, 4) is 5.75 Å². The average molecular weight is 1180 g/mol. The Hall–Kier alpha value is -6.40. The van der Waals surface area contributed by atoms with Crippen molar-refractivity contribution in [1.29, 1.82) is 0 Å². The van der Waals surface area contributed by atoms with E-state index < -0.39 is 75.8 Å². The number of amides is 1. The fraction of sp³-hybridized carbons (Fsp3) is 0.594. The molecule has 2 aromatic carbocycles. The molecule has 5 heterocycles. The Morgan fingerprint density at radius 3 is 2.12 bits per heavy atom. The van der Waals surface area contributed by atoms with Crippen LogP contribution < -0.4 is 9.64 Å². The molecule has 2 aromatic rings. The van der Waals surface area contributed by atoms with E-state index in [1.807, 2.05) is 62.4 Å². The fourth-order valence-electron chi connectivity index (χ4n) is 18.0. The van der Waals surface area contributed by atoms with Crippen LogP contribution in [0.1, 0.15) is 144 Å². The quantitative estimate of drug-likeness (QED) is 0.0594. The summed E-state index contributed by atoms with van der Waals surface area (Å²) in [5.74, 6) is -2.41. The number of hydrogen-bond donors (Lipinski definition) is 2. The van der Waals surface area contributed by atoms with Gasteiger partial charge in [-0.15, -0.1) is 0 Å². The minimum absolute atomic E-state index is 0.123. The molecule has 464 valence electrons. The average Bonchev–Trinajstić information content (AvgIpc) is 1.76. The van der Waals surface area contributed by atoms with E-state index in [2.05, 4.69) is 75.6 Å². The third-order valence-corrected chi connectivity index (χ3v) is 21.1. The zero-order valence-corrected chi connectivity index (χ0v) is 52.5. The summed E-state index contributed by atoms with van der Waals surface area (Å²) in [6.45, 7) is 20.8. The number of anilines is 1. The number of fused-ring (bicyclic) bond motifs is 3. The number of carbonyl (C=O) groups is 5. The Balaban J connectivity index is 1.03. The van der Waals surface area contributed by atoms with Crippen molar-refractivity contribution in [1.82, 2.24) is 9.80 Å². The van der Waals surface area contributed by atoms with Gasteiger partial charge >= 0.3 is 24.1 Å². The molecule has 3 saturated heterocycles. The van der Waals surface area contributed by atoms with E-state index in [-0.39, 0.29) is 35.0 Å². The third kappa shape index (κ3) is 10.4. The predicted molar refractivity (Wildman–Crippen MR) is 327 cm³/mol. The summed E-state index contributed by atoms with van der Waals surface area (Å²) in [4.78, 5) is 83.7. The molecular formula is C69H90N4O13. The molecule has 2 N–H and O–H groups in total. The van der Waals surface area contributed by atoms with Gasteiger partial charge < -0.3 is 43.5 Å². The molecular weight excluding hydrogens is 1090 g/mol. The van der Waals surface area contributed by atoms with Gasteiger partial charge in [0.2, 0.25) is 12.0 Å². The molecule has 86 heavy (non-hydrogen) atoms. The first-order chi connectivity index (χ1) is 40.9. The van der Waals surface area contributed by atoms with Gasteiger partial charge in [-0.25, -0.2) is 9.59 Å². The van der Waals surface area contributed by atoms with Crippen molar-refractivity contribution >= 4 is 47.6 Å². The molecule has 5 aliphatic heterocycles. The molecule has 17 nitrogen and oxygen atoms in total. The maximum atomic E-state index is 15.8. The molecule has 8 aliphatic rings. The van der Waals surface area contributed by atoms with Crippen molar-refractivity contribution in [3.63, 3.8) is 0 Å². The second-order valence-corrected chi connectivity index (χ2v) is 27.2. The number of allylic oxidation sites excluding steroid dienone is 6. The Morgan fingerprint density at radius 2 is 1.50 bits per heavy atom. The standard InChI is InChI=1S/C69H90N4O13/c1-13-65(86-62(79)85-49-33-44(4)51(64(8,9)39-49)25-19-18-24-50-43(3)32-48(76)38-63(50,6)7)36-46-37-68(60(77)82-11,56(26-20-29-71(40-46)41-65)70-47-22-16-15-17-23-47)53-34-52-54(35-55(53)81-10)73(42-74)58-67(52)28-31-72-30-21-27-66(14-2,57(67)72)59(84-45(5)75)69(58,80)61(78)83-12/h15-19,21-25,27,34-35,42,46,48-49,57-59,76,80H,13-14,20,26,28-33,36-41H2,1-12H3/t46-,48-,49-,57+,58-,59-,65+,66-,67-,68+,69+/m1/s1. The SMILES string of the molecule is CC[C@]1(OC(=O)O[C@@H]2CC(C)=C(C=CC=CC3=C(C)C[C@@H](O)CC3(C)C)C(C)(C)C2)C[C@H]2CN(CCCC(=Nc3ccccc3)[C@@](C(=O)OC)(c3cc4c(cc3OC)N(C=O)[C@H]3[C@@](O)(C(=O)OC)[C@H](OC(C)=O)[C@]5(CC)C=CCN6CC[C@]43[C@@H]65)C2)C1. The number of ether oxygens (including phenoxy) is 6. The molecule has 2 bridgehead atoms. The first-order valence-electron chi connectivity index (χ1n) is 31.0. The van der Waals surface area contributed by atoms with Gasteiger partial charge in [-0.2, -0.15) is 0 Å². The summed E-state index contributed by atoms with van der Waals surface area (Å²) in [5, 5.41) is 24.0. The first-order valence-corrected chi connectivity index (χ1v) is 31.0. The summed E-state index contributed by atoms with van der Waals surface area (Å²) in [6.07, 6.45) is 15.3. The van der Waals surface area contributed by atoms with Gasteiger partial charge in [-0.05, 0) is 143 Å². The number of carbonyl (C=O) groups excluding carboxylic acids is 5. The van der Waals surface area contributed by atoms with Gasteiger partial charge in [0.1, 0.15) is 22.9 Å². The molecule has 17 heteroatoms. The summed E-state index contributed by atoms with van der Waals surface area (Å²) < 4.78 is 37.1. The number of aliphatic hydroxyl groups is 2. The van der Waals surface area contributed by atoms with Crippen LogP contribution in [0.25, 0.3) is 0 Å². The van der Waals surface area contributed by atoms with Crippen LogP contribution >= 0.6 is 0 Å². The molecule has 1 amide bonds. The number of methoxy groups -OCH3 is 3. The van der Waals surface area contributed by atoms with Gasteiger partial charge in [-0.1, -0.05) is 107 Å². The molecule has 0 radical (unpaired) electrons. The molecule has 4 fully saturated rings. The summed E-state index contributed by atoms with van der Waals surface area (Å²) >= 11 is 0. The number of nitrogens with zero attached hydrogens (tertiary/aromatic N) is 4. The van der Waals surface area contributed by atoms with Crippen molar-refractivity contribution in [2.24, 2.45) is 27.2 Å². The summed E-state index contributed by atoms with van der Waals surface area (Å²) in [7, 11) is 4.05. The van der Waals surface area contributed by atoms with Gasteiger partial charge in [0.15, 0.2) is 6.10 Å². The summed E-state index contributed by atoms with van der Waals surface area (Å²) in [5.41, 5.74) is -0.710. The van der Waals surface area contributed by atoms with Gasteiger partial charge in [0.05, 0.1) is 44.8 Å². The second-order valence-electron chi connectivity index (χ2n) is 27.2. The lowest BCUT2D eigenvalue weighted by molar-refractivity contribution is -0.228. The molecule has 3 aliphatic carbocycles. The van der Waals surface area contributed by atoms with E-state index in [4.69, 9.17) is 33.4 Å². The Labute approximate surface area is 507 Å². The maximum absolute atomic E-state index is 15.8. The van der Waals surface area contributed by atoms with Crippen molar-refractivity contribution in [2.45, 2.75) is 185 Å². The highest BCUT2D eigenvalue weighted by Gasteiger charge is 2.81. The normalized spacial score (nSPS) is 35.0. The van der Waals surface area contributed by atoms with Gasteiger partial charge in [-0.3, -0.25) is 29.2 Å². The van der Waals surface area contributed by atoms with Crippen molar-refractivity contribution in [3.05, 3.63) is 112 Å². The van der Waals surface area contributed by atoms with Crippen LogP contribution in [0.3, 0.4) is 0 Å². The molecule has 10 rings (SSSR count). The van der Waals surface area contributed by atoms with Crippen LogP contribution in [0.15, 0.2) is 106 Å². The van der Waals surface area contributed by atoms with Crippen molar-refractivity contribution in [2.75, 3.05) is 59.0 Å². The third-order valence-electron chi connectivity index (χ3n) is 21.1. The number of aliphatic hydroxyl groups excluding tert-OH is 1. The fourth-order valence-corrected chi connectivity index (χ4v) is 18.0. The van der Waals surface area contributed by atoms with Crippen LogP contribution in [0.2, 0.25) is 0 Å². The molecule has 12 atom stereocenters. The zero-order valence-electron chi connectivity index (χ0n) is 52.5. The Bertz CT molecular complexity index is 3200. The molecule has 0 aromatic heterocycles. The summed E-state index contributed by atoms with van der Waals surface area (Å²) in [6, 6.07) is 11.3. The lowest BCUT2D eigenvalue weighted by atomic mass is 9.47. The van der Waals surface area contributed by atoms with E-state index in [9.17, 15) is 29.4 Å². The lowest BCUT2D eigenvalue weighted by Gasteiger charge is -2.63. The number of piperidine rings is 1. The van der Waals surface area contributed by atoms with E-state index in [1.165, 1.54) is 49.9 Å². The highest BCUT2D eigenvalue weighted by Crippen LogP contribution is 2.68. The lowest BCUT2D eigenvalue weighted by Crippen LogP contribution is -2.81. The maximum Gasteiger partial charge on any atom is 0.509 e. The van der Waals surface area contributed by atoms with E-state index in [1.54, 1.807) is 6.07 Å². The largest absolute Gasteiger partial charge is 0.509 e. The van der Waals surface area contributed by atoms with E-state index in [0.29, 0.717) is 125 Å². The minimum atomic E-state index is -2.59. The zero-order chi connectivity index (χ0) is 61.9. The molecule has 1 spiro atoms. The highest BCUT2D eigenvalue weighted by molar-refractivity contribution is 6.14. The Morgan fingerprint density at radius 1 is 0.814 bits per heavy atom. The van der Waals surface area contributed by atoms with Gasteiger partial charge in [0.25, 0.3) is 0 Å². The number of rotatable bonds is 14. The predicted octanol–water partition coefficient (Wildman–Crippen LogP) is 10.3. The number of hydrogen-bond acceptors (Lipinski definition) is 16. The van der Waals surface area contributed by atoms with Crippen LogP contribution in [-0.4, -0.2) is 152 Å². The molecule has 1 unspecified atom stereocenters. The Kier molecular flexibility index (Phi) is 17.2. The highest BCUT2D eigenvalue weighted by atomic mass is 16.7.